The van der Waals surface area contributed by atoms with Crippen molar-refractivity contribution in [2.45, 2.75) is 18.7 Å². The zero-order chi connectivity index (χ0) is 21.4. The van der Waals surface area contributed by atoms with E-state index in [1.54, 1.807) is 30.3 Å². The predicted molar refractivity (Wildman–Crippen MR) is 115 cm³/mol. The van der Waals surface area contributed by atoms with Crippen LogP contribution in [0.15, 0.2) is 77.6 Å². The molecule has 1 aromatic heterocycles. The fraction of sp³-hybridized carbons (Fsp3) is 0.227. The Morgan fingerprint density at radius 2 is 1.60 bits per heavy atom. The highest BCUT2D eigenvalue weighted by molar-refractivity contribution is 7.90. The van der Waals surface area contributed by atoms with Crippen molar-refractivity contribution in [3.63, 3.8) is 0 Å². The van der Waals surface area contributed by atoms with Gasteiger partial charge < -0.3 is 5.32 Å². The van der Waals surface area contributed by atoms with Crippen LogP contribution in [0.5, 0.6) is 0 Å². The number of carbonyl (C=O) groups is 1. The lowest BCUT2D eigenvalue weighted by molar-refractivity contribution is -0.121. The van der Waals surface area contributed by atoms with E-state index >= 15 is 0 Å². The molecule has 0 aliphatic heterocycles. The Kier molecular flexibility index (Phi) is 7.13. The third-order valence-corrected chi connectivity index (χ3v) is 6.10. The van der Waals surface area contributed by atoms with Crippen LogP contribution in [0.3, 0.4) is 0 Å². The molecule has 0 aliphatic carbocycles. The molecule has 0 saturated carbocycles. The number of amides is 1. The van der Waals surface area contributed by atoms with Gasteiger partial charge in [-0.1, -0.05) is 60.7 Å². The molecule has 0 unspecified atom stereocenters. The van der Waals surface area contributed by atoms with E-state index in [0.717, 1.165) is 15.8 Å². The lowest BCUT2D eigenvalue weighted by atomic mass is 10.1. The van der Waals surface area contributed by atoms with Gasteiger partial charge in [0.2, 0.25) is 5.91 Å². The van der Waals surface area contributed by atoms with Crippen LogP contribution in [-0.4, -0.2) is 36.4 Å². The number of benzene rings is 2. The first kappa shape index (κ1) is 21.4. The number of hydrogen-bond donors (Lipinski definition) is 1. The largest absolute Gasteiger partial charge is 0.354 e. The summed E-state index contributed by atoms with van der Waals surface area (Å²) in [6, 6.07) is 21.3. The molecule has 3 aromatic rings. The van der Waals surface area contributed by atoms with Crippen LogP contribution in [0, 0.1) is 0 Å². The van der Waals surface area contributed by atoms with Gasteiger partial charge in [-0.15, -0.1) is 0 Å². The standard InChI is InChI=1S/C22H23N3O4S/c26-21(23-14-7-15-30(28,29)17-18-8-3-1-4-9-18)16-25-22(27)13-12-20(24-25)19-10-5-2-6-11-19/h1-6,8-13H,7,14-17H2,(H,23,26). The second kappa shape index (κ2) is 9.98. The first-order valence-electron chi connectivity index (χ1n) is 9.58. The summed E-state index contributed by atoms with van der Waals surface area (Å²) in [5.74, 6) is -0.438. The Morgan fingerprint density at radius 3 is 2.30 bits per heavy atom. The number of aromatic nitrogens is 2. The SMILES string of the molecule is O=C(Cn1nc(-c2ccccc2)ccc1=O)NCCCS(=O)(=O)Cc1ccccc1. The molecule has 2 aromatic carbocycles. The maximum Gasteiger partial charge on any atom is 0.267 e. The van der Waals surface area contributed by atoms with Gasteiger partial charge in [-0.05, 0) is 18.1 Å². The Bertz CT molecular complexity index is 1140. The minimum atomic E-state index is -3.25. The molecule has 0 bridgehead atoms. The maximum atomic E-state index is 12.2. The molecule has 156 valence electrons. The highest BCUT2D eigenvalue weighted by atomic mass is 32.2. The van der Waals surface area contributed by atoms with E-state index in [-0.39, 0.29) is 30.2 Å². The summed E-state index contributed by atoms with van der Waals surface area (Å²) >= 11 is 0. The van der Waals surface area contributed by atoms with Gasteiger partial charge in [0.1, 0.15) is 6.54 Å². The quantitative estimate of drug-likeness (QED) is 0.529. The molecule has 0 saturated heterocycles. The van der Waals surface area contributed by atoms with Crippen LogP contribution in [0.2, 0.25) is 0 Å². The van der Waals surface area contributed by atoms with Crippen LogP contribution in [0.4, 0.5) is 0 Å². The van der Waals surface area contributed by atoms with Crippen LogP contribution in [-0.2, 0) is 26.9 Å². The summed E-state index contributed by atoms with van der Waals surface area (Å²) in [6.45, 7) is -0.0176. The van der Waals surface area contributed by atoms with E-state index in [9.17, 15) is 18.0 Å². The lowest BCUT2D eigenvalue weighted by Gasteiger charge is -2.09. The Balaban J connectivity index is 1.50. The first-order chi connectivity index (χ1) is 14.4. The molecule has 1 heterocycles. The van der Waals surface area contributed by atoms with E-state index < -0.39 is 15.7 Å². The van der Waals surface area contributed by atoms with E-state index in [2.05, 4.69) is 10.4 Å². The average Bonchev–Trinajstić information content (AvgIpc) is 2.74. The van der Waals surface area contributed by atoms with Crippen LogP contribution in [0.25, 0.3) is 11.3 Å². The minimum Gasteiger partial charge on any atom is -0.354 e. The molecule has 0 aliphatic rings. The predicted octanol–water partition coefficient (Wildman–Crippen LogP) is 2.03. The fourth-order valence-corrected chi connectivity index (χ4v) is 4.37. The van der Waals surface area contributed by atoms with Gasteiger partial charge in [0.05, 0.1) is 17.2 Å². The second-order valence-electron chi connectivity index (χ2n) is 6.86. The first-order valence-corrected chi connectivity index (χ1v) is 11.4. The van der Waals surface area contributed by atoms with Crippen molar-refractivity contribution >= 4 is 15.7 Å². The third-order valence-electron chi connectivity index (χ3n) is 4.41. The summed E-state index contributed by atoms with van der Waals surface area (Å²) in [5.41, 5.74) is 1.80. The fourth-order valence-electron chi connectivity index (χ4n) is 2.94. The van der Waals surface area contributed by atoms with Crippen LogP contribution >= 0.6 is 0 Å². The van der Waals surface area contributed by atoms with E-state index in [1.165, 1.54) is 6.07 Å². The lowest BCUT2D eigenvalue weighted by Crippen LogP contribution is -2.34. The highest BCUT2D eigenvalue weighted by Crippen LogP contribution is 2.13. The molecule has 7 nitrogen and oxygen atoms in total. The van der Waals surface area contributed by atoms with Gasteiger partial charge in [-0.2, -0.15) is 5.10 Å². The molecule has 0 radical (unpaired) electrons. The smallest absolute Gasteiger partial charge is 0.267 e. The van der Waals surface area contributed by atoms with E-state index in [4.69, 9.17) is 0 Å². The Hall–Kier alpha value is -3.26. The topological polar surface area (TPSA) is 98.1 Å². The number of sulfone groups is 1. The minimum absolute atomic E-state index is 0.0205. The van der Waals surface area contributed by atoms with Gasteiger partial charge in [0, 0.05) is 18.2 Å². The molecule has 1 N–H and O–H groups in total. The summed E-state index contributed by atoms with van der Waals surface area (Å²) in [4.78, 5) is 24.2. The summed E-state index contributed by atoms with van der Waals surface area (Å²) in [6.07, 6.45) is 0.299. The normalized spacial score (nSPS) is 11.2. The number of carbonyl (C=O) groups excluding carboxylic acids is 1. The molecule has 0 atom stereocenters. The third kappa shape index (κ3) is 6.38. The second-order valence-corrected chi connectivity index (χ2v) is 9.05. The zero-order valence-corrected chi connectivity index (χ0v) is 17.2. The number of nitrogens with one attached hydrogen (secondary N) is 1. The Morgan fingerprint density at radius 1 is 0.933 bits per heavy atom. The summed E-state index contributed by atoms with van der Waals surface area (Å²) in [7, 11) is -3.25. The highest BCUT2D eigenvalue weighted by Gasteiger charge is 2.12. The molecular formula is C22H23N3O4S. The molecule has 3 rings (SSSR count). The van der Waals surface area contributed by atoms with Crippen molar-refractivity contribution in [2.24, 2.45) is 0 Å². The van der Waals surface area contributed by atoms with Crippen molar-refractivity contribution in [3.8, 4) is 11.3 Å². The van der Waals surface area contributed by atoms with E-state index in [0.29, 0.717) is 12.1 Å². The van der Waals surface area contributed by atoms with Gasteiger partial charge in [-0.3, -0.25) is 9.59 Å². The zero-order valence-electron chi connectivity index (χ0n) is 16.4. The maximum absolute atomic E-state index is 12.2. The van der Waals surface area contributed by atoms with Gasteiger partial charge >= 0.3 is 0 Å². The number of nitrogens with zero attached hydrogens (tertiary/aromatic N) is 2. The Labute approximate surface area is 175 Å². The summed E-state index contributed by atoms with van der Waals surface area (Å²) < 4.78 is 25.5. The molecule has 8 heteroatoms. The average molecular weight is 426 g/mol. The van der Waals surface area contributed by atoms with Crippen LogP contribution < -0.4 is 10.9 Å². The van der Waals surface area contributed by atoms with Crippen molar-refractivity contribution in [1.82, 2.24) is 15.1 Å². The number of hydrogen-bond acceptors (Lipinski definition) is 5. The van der Waals surface area contributed by atoms with Crippen molar-refractivity contribution in [1.29, 1.82) is 0 Å². The molecule has 0 spiro atoms. The monoisotopic (exact) mass is 425 g/mol. The van der Waals surface area contributed by atoms with Crippen molar-refractivity contribution in [2.75, 3.05) is 12.3 Å². The molecule has 1 amide bonds. The van der Waals surface area contributed by atoms with Crippen molar-refractivity contribution < 1.29 is 13.2 Å². The number of rotatable bonds is 9. The van der Waals surface area contributed by atoms with Gasteiger partial charge in [-0.25, -0.2) is 13.1 Å². The van der Waals surface area contributed by atoms with Crippen LogP contribution in [0.1, 0.15) is 12.0 Å². The summed E-state index contributed by atoms with van der Waals surface area (Å²) in [5, 5.41) is 6.90. The van der Waals surface area contributed by atoms with Gasteiger partial charge in [0.15, 0.2) is 9.84 Å². The van der Waals surface area contributed by atoms with E-state index in [1.807, 2.05) is 36.4 Å². The van der Waals surface area contributed by atoms with Crippen molar-refractivity contribution in [3.05, 3.63) is 88.7 Å². The molecular weight excluding hydrogens is 402 g/mol. The molecule has 30 heavy (non-hydrogen) atoms. The van der Waals surface area contributed by atoms with Gasteiger partial charge in [0.25, 0.3) is 5.56 Å². The molecule has 0 fully saturated rings.